The Kier molecular flexibility index (Phi) is 4.72. The van der Waals surface area contributed by atoms with E-state index in [0.29, 0.717) is 5.75 Å². The highest BCUT2D eigenvalue weighted by molar-refractivity contribution is 5.56. The number of nitro groups is 1. The number of aliphatic hydroxyl groups is 1. The minimum atomic E-state index is -0.741. The number of methoxy groups -OCH3 is 1. The third-order valence-electron chi connectivity index (χ3n) is 2.86. The maximum atomic E-state index is 10.5. The van der Waals surface area contributed by atoms with Crippen molar-refractivity contribution in [3.05, 3.63) is 46.8 Å². The van der Waals surface area contributed by atoms with E-state index in [0.717, 1.165) is 11.9 Å². The topological polar surface area (TPSA) is 102 Å². The number of aliphatic hydroxyl groups excluding tert-OH is 1. The van der Waals surface area contributed by atoms with Crippen LogP contribution in [0.5, 0.6) is 5.75 Å². The predicted molar refractivity (Wildman–Crippen MR) is 76.4 cm³/mol. The number of aromatic nitrogens is 2. The Hall–Kier alpha value is -2.61. The SMILES string of the molecule is COc1ccccc1NCC(O)Cn1cc([N+](=O)[O-])cn1. The lowest BCUT2D eigenvalue weighted by Gasteiger charge is -2.14. The maximum Gasteiger partial charge on any atom is 0.306 e. The van der Waals surface area contributed by atoms with Crippen molar-refractivity contribution in [2.45, 2.75) is 12.6 Å². The molecule has 0 bridgehead atoms. The first kappa shape index (κ1) is 14.8. The second kappa shape index (κ2) is 6.71. The molecule has 1 aromatic heterocycles. The summed E-state index contributed by atoms with van der Waals surface area (Å²) < 4.78 is 6.53. The van der Waals surface area contributed by atoms with E-state index >= 15 is 0 Å². The summed E-state index contributed by atoms with van der Waals surface area (Å²) in [6.45, 7) is 0.435. The zero-order valence-corrected chi connectivity index (χ0v) is 11.5. The second-order valence-corrected chi connectivity index (χ2v) is 4.41. The Balaban J connectivity index is 1.89. The molecule has 0 fully saturated rings. The Morgan fingerprint density at radius 1 is 1.52 bits per heavy atom. The molecule has 112 valence electrons. The van der Waals surface area contributed by atoms with Gasteiger partial charge in [0.1, 0.15) is 18.1 Å². The van der Waals surface area contributed by atoms with Crippen LogP contribution in [0.4, 0.5) is 11.4 Å². The minimum absolute atomic E-state index is 0.0973. The van der Waals surface area contributed by atoms with Gasteiger partial charge >= 0.3 is 5.69 Å². The van der Waals surface area contributed by atoms with E-state index in [1.54, 1.807) is 7.11 Å². The summed E-state index contributed by atoms with van der Waals surface area (Å²) in [5, 5.41) is 27.4. The summed E-state index contributed by atoms with van der Waals surface area (Å²) in [6, 6.07) is 7.35. The number of anilines is 1. The molecule has 2 rings (SSSR count). The Morgan fingerprint density at radius 3 is 2.95 bits per heavy atom. The fourth-order valence-corrected chi connectivity index (χ4v) is 1.85. The van der Waals surface area contributed by atoms with Crippen LogP contribution in [0.2, 0.25) is 0 Å². The molecule has 8 nitrogen and oxygen atoms in total. The van der Waals surface area contributed by atoms with Gasteiger partial charge in [-0.05, 0) is 12.1 Å². The van der Waals surface area contributed by atoms with E-state index in [4.69, 9.17) is 4.74 Å². The molecule has 1 unspecified atom stereocenters. The molecule has 0 saturated heterocycles. The highest BCUT2D eigenvalue weighted by Crippen LogP contribution is 2.22. The first-order valence-electron chi connectivity index (χ1n) is 6.32. The monoisotopic (exact) mass is 292 g/mol. The molecule has 0 aliphatic rings. The van der Waals surface area contributed by atoms with Crippen molar-refractivity contribution < 1.29 is 14.8 Å². The minimum Gasteiger partial charge on any atom is -0.495 e. The Bertz CT molecular complexity index is 614. The number of nitrogens with one attached hydrogen (secondary N) is 1. The van der Waals surface area contributed by atoms with Gasteiger partial charge in [-0.25, -0.2) is 0 Å². The predicted octanol–water partition coefficient (Wildman–Crippen LogP) is 1.27. The summed E-state index contributed by atoms with van der Waals surface area (Å²) in [4.78, 5) is 10.0. The van der Waals surface area contributed by atoms with E-state index in [1.165, 1.54) is 10.9 Å². The van der Waals surface area contributed by atoms with Gasteiger partial charge in [0.25, 0.3) is 0 Å². The largest absolute Gasteiger partial charge is 0.495 e. The van der Waals surface area contributed by atoms with E-state index in [2.05, 4.69) is 10.4 Å². The van der Waals surface area contributed by atoms with Gasteiger partial charge in [0.2, 0.25) is 0 Å². The lowest BCUT2D eigenvalue weighted by atomic mass is 10.2. The van der Waals surface area contributed by atoms with Gasteiger partial charge in [-0.15, -0.1) is 0 Å². The second-order valence-electron chi connectivity index (χ2n) is 4.41. The van der Waals surface area contributed by atoms with Gasteiger partial charge in [-0.2, -0.15) is 5.10 Å². The molecule has 2 aromatic rings. The fraction of sp³-hybridized carbons (Fsp3) is 0.308. The molecule has 8 heteroatoms. The summed E-state index contributed by atoms with van der Waals surface area (Å²) >= 11 is 0. The molecular formula is C13H16N4O4. The van der Waals surface area contributed by atoms with Crippen molar-refractivity contribution in [1.82, 2.24) is 9.78 Å². The van der Waals surface area contributed by atoms with Crippen molar-refractivity contribution in [3.8, 4) is 5.75 Å². The molecule has 1 atom stereocenters. The number of hydrogen-bond acceptors (Lipinski definition) is 6. The molecule has 1 aromatic carbocycles. The molecule has 0 saturated carbocycles. The van der Waals surface area contributed by atoms with Gasteiger partial charge < -0.3 is 15.2 Å². The van der Waals surface area contributed by atoms with Crippen LogP contribution in [0.3, 0.4) is 0 Å². The van der Waals surface area contributed by atoms with Crippen LogP contribution in [0.15, 0.2) is 36.7 Å². The van der Waals surface area contributed by atoms with E-state index < -0.39 is 11.0 Å². The first-order chi connectivity index (χ1) is 10.1. The first-order valence-corrected chi connectivity index (χ1v) is 6.32. The molecule has 2 N–H and O–H groups in total. The Labute approximate surface area is 121 Å². The standard InChI is InChI=1S/C13H16N4O4/c1-21-13-5-3-2-4-12(13)14-7-11(18)9-16-8-10(6-15-16)17(19)20/h2-6,8,11,14,18H,7,9H2,1H3. The van der Waals surface area contributed by atoms with Crippen molar-refractivity contribution >= 4 is 11.4 Å². The van der Waals surface area contributed by atoms with Gasteiger partial charge in [-0.3, -0.25) is 14.8 Å². The van der Waals surface area contributed by atoms with Crippen LogP contribution in [0.25, 0.3) is 0 Å². The quantitative estimate of drug-likeness (QED) is 0.588. The van der Waals surface area contributed by atoms with Crippen molar-refractivity contribution in [3.63, 3.8) is 0 Å². The molecule has 1 heterocycles. The fourth-order valence-electron chi connectivity index (χ4n) is 1.85. The van der Waals surface area contributed by atoms with Crippen molar-refractivity contribution in [1.29, 1.82) is 0 Å². The Morgan fingerprint density at radius 2 is 2.29 bits per heavy atom. The summed E-state index contributed by atoms with van der Waals surface area (Å²) in [7, 11) is 1.57. The van der Waals surface area contributed by atoms with Gasteiger partial charge in [0, 0.05) is 6.54 Å². The average molecular weight is 292 g/mol. The van der Waals surface area contributed by atoms with Crippen molar-refractivity contribution in [2.24, 2.45) is 0 Å². The maximum absolute atomic E-state index is 10.5. The summed E-state index contributed by atoms with van der Waals surface area (Å²) in [5.41, 5.74) is 0.672. The number of nitrogens with zero attached hydrogens (tertiary/aromatic N) is 3. The lowest BCUT2D eigenvalue weighted by Crippen LogP contribution is -2.25. The zero-order valence-electron chi connectivity index (χ0n) is 11.5. The molecule has 0 radical (unpaired) electrons. The highest BCUT2D eigenvalue weighted by atomic mass is 16.6. The molecule has 0 amide bonds. The van der Waals surface area contributed by atoms with Crippen LogP contribution in [0, 0.1) is 10.1 Å². The van der Waals surface area contributed by atoms with E-state index in [9.17, 15) is 15.2 Å². The molecule has 21 heavy (non-hydrogen) atoms. The smallest absolute Gasteiger partial charge is 0.306 e. The number of para-hydroxylation sites is 2. The van der Waals surface area contributed by atoms with Gasteiger partial charge in [0.15, 0.2) is 0 Å². The average Bonchev–Trinajstić information content (AvgIpc) is 2.94. The van der Waals surface area contributed by atoms with Crippen LogP contribution in [-0.2, 0) is 6.54 Å². The molecule has 0 aliphatic carbocycles. The number of ether oxygens (including phenoxy) is 1. The summed E-state index contributed by atoms with van der Waals surface area (Å²) in [6.07, 6.45) is 1.70. The third-order valence-corrected chi connectivity index (χ3v) is 2.86. The third kappa shape index (κ3) is 3.93. The van der Waals surface area contributed by atoms with Crippen LogP contribution < -0.4 is 10.1 Å². The van der Waals surface area contributed by atoms with E-state index in [1.807, 2.05) is 24.3 Å². The highest BCUT2D eigenvalue weighted by Gasteiger charge is 2.12. The number of benzene rings is 1. The normalized spacial score (nSPS) is 11.9. The zero-order chi connectivity index (χ0) is 15.2. The molecular weight excluding hydrogens is 276 g/mol. The van der Waals surface area contributed by atoms with Crippen LogP contribution in [0.1, 0.15) is 0 Å². The summed E-state index contributed by atoms with van der Waals surface area (Å²) in [5.74, 6) is 0.680. The van der Waals surface area contributed by atoms with Crippen LogP contribution in [-0.4, -0.2) is 39.6 Å². The van der Waals surface area contributed by atoms with Crippen molar-refractivity contribution in [2.75, 3.05) is 19.0 Å². The van der Waals surface area contributed by atoms with Gasteiger partial charge in [-0.1, -0.05) is 12.1 Å². The number of rotatable bonds is 7. The molecule has 0 spiro atoms. The van der Waals surface area contributed by atoms with Crippen LogP contribution >= 0.6 is 0 Å². The lowest BCUT2D eigenvalue weighted by molar-refractivity contribution is -0.385. The molecule has 0 aliphatic heterocycles. The number of hydrogen-bond donors (Lipinski definition) is 2. The van der Waals surface area contributed by atoms with E-state index in [-0.39, 0.29) is 18.8 Å². The van der Waals surface area contributed by atoms with Gasteiger partial charge in [0.05, 0.1) is 30.4 Å².